The van der Waals surface area contributed by atoms with Gasteiger partial charge < -0.3 is 10.6 Å². The van der Waals surface area contributed by atoms with Gasteiger partial charge in [0.25, 0.3) is 0 Å². The van der Waals surface area contributed by atoms with E-state index in [9.17, 15) is 13.2 Å². The van der Waals surface area contributed by atoms with Gasteiger partial charge in [-0.15, -0.1) is 12.4 Å². The second kappa shape index (κ2) is 9.67. The molecule has 0 saturated heterocycles. The zero-order chi connectivity index (χ0) is 12.6. The van der Waals surface area contributed by atoms with Crippen LogP contribution >= 0.6 is 12.4 Å². The first-order valence-electron chi connectivity index (χ1n) is 5.59. The molecule has 1 amide bonds. The summed E-state index contributed by atoms with van der Waals surface area (Å²) in [4.78, 5) is 11.3. The molecule has 0 fully saturated rings. The molecule has 0 aliphatic heterocycles. The van der Waals surface area contributed by atoms with E-state index >= 15 is 0 Å². The molecule has 0 saturated carbocycles. The van der Waals surface area contributed by atoms with Gasteiger partial charge in [-0.3, -0.25) is 4.79 Å². The highest BCUT2D eigenvalue weighted by Crippen LogP contribution is 1.99. The number of hydrogen-bond donors (Lipinski definition) is 2. The Hall–Kier alpha value is -0.330. The van der Waals surface area contributed by atoms with Crippen LogP contribution in [0.5, 0.6) is 0 Å². The molecule has 0 spiro atoms. The van der Waals surface area contributed by atoms with Crippen molar-refractivity contribution < 1.29 is 13.2 Å². The largest absolute Gasteiger partial charge is 0.354 e. The predicted octanol–water partition coefficient (Wildman–Crippen LogP) is 0.347. The maximum absolute atomic E-state index is 11.4. The molecule has 17 heavy (non-hydrogen) atoms. The highest BCUT2D eigenvalue weighted by molar-refractivity contribution is 7.92. The van der Waals surface area contributed by atoms with Crippen molar-refractivity contribution >= 4 is 28.2 Å². The van der Waals surface area contributed by atoms with E-state index in [1.54, 1.807) is 13.8 Å². The number of nitrogens with one attached hydrogen (secondary N) is 2. The Bertz CT molecular complexity index is 305. The summed E-state index contributed by atoms with van der Waals surface area (Å²) in [5, 5.41) is 5.18. The Morgan fingerprint density at radius 1 is 1.18 bits per heavy atom. The van der Waals surface area contributed by atoms with Crippen molar-refractivity contribution in [3.05, 3.63) is 0 Å². The summed E-state index contributed by atoms with van der Waals surface area (Å²) in [6, 6.07) is 0. The van der Waals surface area contributed by atoms with Crippen molar-refractivity contribution in [3.8, 4) is 0 Å². The van der Waals surface area contributed by atoms with Crippen molar-refractivity contribution in [2.45, 2.75) is 32.4 Å². The van der Waals surface area contributed by atoms with Crippen molar-refractivity contribution in [1.29, 1.82) is 0 Å². The van der Waals surface area contributed by atoms with E-state index in [0.29, 0.717) is 13.1 Å². The maximum Gasteiger partial charge on any atom is 0.235 e. The predicted molar refractivity (Wildman–Crippen MR) is 72.3 cm³/mol. The highest BCUT2D eigenvalue weighted by atomic mass is 35.5. The summed E-state index contributed by atoms with van der Waals surface area (Å²) in [5.41, 5.74) is 0. The van der Waals surface area contributed by atoms with Crippen LogP contribution in [0, 0.1) is 0 Å². The van der Waals surface area contributed by atoms with Crippen LogP contribution in [0.4, 0.5) is 0 Å². The number of sulfone groups is 1. The maximum atomic E-state index is 11.4. The molecule has 2 N–H and O–H groups in total. The fraction of sp³-hybridized carbons (Fsp3) is 0.900. The third-order valence-corrected chi connectivity index (χ3v) is 4.20. The average Bonchev–Trinajstić information content (AvgIpc) is 2.16. The molecule has 0 unspecified atom stereocenters. The molecule has 0 rings (SSSR count). The molecular formula is C10H23ClN2O3S. The Morgan fingerprint density at radius 2 is 1.76 bits per heavy atom. The number of hydrogen-bond acceptors (Lipinski definition) is 4. The van der Waals surface area contributed by atoms with E-state index in [4.69, 9.17) is 0 Å². The Balaban J connectivity index is 0. The van der Waals surface area contributed by atoms with Gasteiger partial charge in [-0.2, -0.15) is 0 Å². The van der Waals surface area contributed by atoms with E-state index in [-0.39, 0.29) is 12.4 Å². The summed E-state index contributed by atoms with van der Waals surface area (Å²) in [6.45, 7) is 7.24. The third kappa shape index (κ3) is 9.38. The SMILES string of the molecule is CCCNCCNC(=O)CS(=O)(=O)C(C)C.Cl. The molecule has 0 aromatic heterocycles. The zero-order valence-electron chi connectivity index (χ0n) is 10.7. The number of rotatable bonds is 8. The highest BCUT2D eigenvalue weighted by Gasteiger charge is 2.19. The van der Waals surface area contributed by atoms with Gasteiger partial charge in [0.15, 0.2) is 9.84 Å². The summed E-state index contributed by atoms with van der Waals surface area (Å²) in [6.07, 6.45) is 1.04. The van der Waals surface area contributed by atoms with E-state index in [1.807, 2.05) is 0 Å². The van der Waals surface area contributed by atoms with Crippen LogP contribution in [0.2, 0.25) is 0 Å². The lowest BCUT2D eigenvalue weighted by molar-refractivity contribution is -0.118. The Kier molecular flexibility index (Phi) is 10.8. The van der Waals surface area contributed by atoms with Gasteiger partial charge in [0.05, 0.1) is 5.25 Å². The first-order valence-corrected chi connectivity index (χ1v) is 7.30. The minimum atomic E-state index is -3.28. The van der Waals surface area contributed by atoms with Gasteiger partial charge in [-0.05, 0) is 26.8 Å². The molecule has 5 nitrogen and oxygen atoms in total. The fourth-order valence-electron chi connectivity index (χ4n) is 0.993. The lowest BCUT2D eigenvalue weighted by Gasteiger charge is -2.08. The number of halogens is 1. The van der Waals surface area contributed by atoms with E-state index in [1.165, 1.54) is 0 Å². The van der Waals surface area contributed by atoms with Crippen LogP contribution in [0.3, 0.4) is 0 Å². The van der Waals surface area contributed by atoms with E-state index in [2.05, 4.69) is 17.6 Å². The Morgan fingerprint density at radius 3 is 2.24 bits per heavy atom. The number of carbonyl (C=O) groups is 1. The second-order valence-corrected chi connectivity index (χ2v) is 6.51. The van der Waals surface area contributed by atoms with Crippen molar-refractivity contribution in [1.82, 2.24) is 10.6 Å². The quantitative estimate of drug-likeness (QED) is 0.631. The monoisotopic (exact) mass is 286 g/mol. The van der Waals surface area contributed by atoms with Crippen molar-refractivity contribution in [2.75, 3.05) is 25.4 Å². The van der Waals surface area contributed by atoms with E-state index < -0.39 is 26.7 Å². The second-order valence-electron chi connectivity index (χ2n) is 3.96. The van der Waals surface area contributed by atoms with Crippen molar-refractivity contribution in [3.63, 3.8) is 0 Å². The van der Waals surface area contributed by atoms with Gasteiger partial charge in [0.1, 0.15) is 5.75 Å². The molecule has 0 bridgehead atoms. The molecule has 0 heterocycles. The molecule has 0 aromatic carbocycles. The van der Waals surface area contributed by atoms with Gasteiger partial charge in [-0.25, -0.2) is 8.42 Å². The molecule has 104 valence electrons. The minimum Gasteiger partial charge on any atom is -0.354 e. The Labute approximate surface area is 110 Å². The van der Waals surface area contributed by atoms with Gasteiger partial charge >= 0.3 is 0 Å². The summed E-state index contributed by atoms with van der Waals surface area (Å²) < 4.78 is 22.8. The number of amides is 1. The molecule has 0 radical (unpaired) electrons. The van der Waals surface area contributed by atoms with Crippen LogP contribution in [-0.2, 0) is 14.6 Å². The minimum absolute atomic E-state index is 0. The van der Waals surface area contributed by atoms with Gasteiger partial charge in [0, 0.05) is 13.1 Å². The summed E-state index contributed by atoms with van der Waals surface area (Å²) in [5.74, 6) is -0.842. The third-order valence-electron chi connectivity index (χ3n) is 2.10. The van der Waals surface area contributed by atoms with Gasteiger partial charge in [-0.1, -0.05) is 6.92 Å². The molecule has 0 aliphatic rings. The zero-order valence-corrected chi connectivity index (χ0v) is 12.3. The normalized spacial score (nSPS) is 11.1. The summed E-state index contributed by atoms with van der Waals surface area (Å²) in [7, 11) is -3.28. The van der Waals surface area contributed by atoms with E-state index in [0.717, 1.165) is 13.0 Å². The van der Waals surface area contributed by atoms with Crippen LogP contribution in [-0.4, -0.2) is 45.0 Å². The van der Waals surface area contributed by atoms with Crippen LogP contribution in [0.1, 0.15) is 27.2 Å². The van der Waals surface area contributed by atoms with Crippen LogP contribution in [0.15, 0.2) is 0 Å². The fourth-order valence-corrected chi connectivity index (χ4v) is 1.79. The first kappa shape index (κ1) is 19.0. The first-order chi connectivity index (χ1) is 7.40. The standard InChI is InChI=1S/C10H22N2O3S.ClH/c1-4-5-11-6-7-12-10(13)8-16(14,15)9(2)3;/h9,11H,4-8H2,1-3H3,(H,12,13);1H. The molecule has 0 aliphatic carbocycles. The summed E-state index contributed by atoms with van der Waals surface area (Å²) >= 11 is 0. The lowest BCUT2D eigenvalue weighted by atomic mass is 10.4. The number of carbonyl (C=O) groups excluding carboxylic acids is 1. The molecule has 7 heteroatoms. The topological polar surface area (TPSA) is 75.3 Å². The molecule has 0 atom stereocenters. The van der Waals surface area contributed by atoms with Crippen LogP contribution < -0.4 is 10.6 Å². The molecular weight excluding hydrogens is 264 g/mol. The lowest BCUT2D eigenvalue weighted by Crippen LogP contribution is -2.37. The smallest absolute Gasteiger partial charge is 0.235 e. The van der Waals surface area contributed by atoms with Crippen LogP contribution in [0.25, 0.3) is 0 Å². The average molecular weight is 287 g/mol. The molecule has 0 aromatic rings. The van der Waals surface area contributed by atoms with Crippen molar-refractivity contribution in [2.24, 2.45) is 0 Å². The van der Waals surface area contributed by atoms with Gasteiger partial charge in [0.2, 0.25) is 5.91 Å².